The Morgan fingerprint density at radius 2 is 1.59 bits per heavy atom. The van der Waals surface area contributed by atoms with Gasteiger partial charge in [-0.25, -0.2) is 9.97 Å². The predicted octanol–water partition coefficient (Wildman–Crippen LogP) is 5.63. The van der Waals surface area contributed by atoms with Crippen molar-refractivity contribution in [2.75, 3.05) is 5.32 Å². The number of amides is 1. The van der Waals surface area contributed by atoms with Crippen molar-refractivity contribution >= 4 is 33.4 Å². The summed E-state index contributed by atoms with van der Waals surface area (Å²) >= 11 is 1.47. The minimum atomic E-state index is -0.218. The molecule has 5 rings (SSSR count). The Labute approximate surface area is 189 Å². The highest BCUT2D eigenvalue weighted by atomic mass is 32.1. The van der Waals surface area contributed by atoms with Gasteiger partial charge in [-0.05, 0) is 25.5 Å². The molecule has 0 radical (unpaired) electrons. The summed E-state index contributed by atoms with van der Waals surface area (Å²) in [4.78, 5) is 23.7. The van der Waals surface area contributed by atoms with Crippen molar-refractivity contribution in [3.63, 3.8) is 0 Å². The van der Waals surface area contributed by atoms with Crippen LogP contribution in [0, 0.1) is 13.8 Å². The molecule has 0 aliphatic carbocycles. The fourth-order valence-corrected chi connectivity index (χ4v) is 4.85. The Kier molecular flexibility index (Phi) is 5.03. The molecule has 0 aliphatic heterocycles. The standard InChI is InChI=1S/C25H21N5OS/c1-15-14-19(20-16(2)29-30(3)23(20)26-15)24(31)28-25-27-21(17-10-6-4-7-11-17)22(32-25)18-12-8-5-9-13-18/h4-14H,1-3H3,(H,27,28,31). The average molecular weight is 440 g/mol. The lowest BCUT2D eigenvalue weighted by Crippen LogP contribution is -2.13. The molecule has 1 amide bonds. The summed E-state index contributed by atoms with van der Waals surface area (Å²) in [5.74, 6) is -0.218. The Hall–Kier alpha value is -3.84. The molecule has 1 N–H and O–H groups in total. The van der Waals surface area contributed by atoms with Crippen molar-refractivity contribution in [2.24, 2.45) is 7.05 Å². The third-order valence-corrected chi connectivity index (χ3v) is 6.29. The second kappa shape index (κ2) is 8.01. The zero-order chi connectivity index (χ0) is 22.2. The molecule has 5 aromatic rings. The number of benzene rings is 2. The van der Waals surface area contributed by atoms with Gasteiger partial charge >= 0.3 is 0 Å². The van der Waals surface area contributed by atoms with Gasteiger partial charge in [0.05, 0.1) is 27.2 Å². The van der Waals surface area contributed by atoms with Crippen LogP contribution in [0.15, 0.2) is 66.7 Å². The number of nitrogens with zero attached hydrogens (tertiary/aromatic N) is 4. The summed E-state index contributed by atoms with van der Waals surface area (Å²) in [6.07, 6.45) is 0. The first kappa shape index (κ1) is 20.1. The lowest BCUT2D eigenvalue weighted by Gasteiger charge is -2.05. The first-order chi connectivity index (χ1) is 15.5. The number of nitrogens with one attached hydrogen (secondary N) is 1. The molecular formula is C25H21N5OS. The van der Waals surface area contributed by atoms with Gasteiger partial charge in [-0.2, -0.15) is 5.10 Å². The molecule has 158 valence electrons. The number of aromatic nitrogens is 4. The number of thiazole rings is 1. The molecule has 7 heteroatoms. The van der Waals surface area contributed by atoms with Crippen molar-refractivity contribution in [2.45, 2.75) is 13.8 Å². The molecule has 2 aromatic carbocycles. The van der Waals surface area contributed by atoms with E-state index < -0.39 is 0 Å². The molecule has 6 nitrogen and oxygen atoms in total. The van der Waals surface area contributed by atoms with Gasteiger partial charge < -0.3 is 0 Å². The van der Waals surface area contributed by atoms with Gasteiger partial charge in [0.2, 0.25) is 0 Å². The number of aryl methyl sites for hydroxylation is 3. The molecule has 0 fully saturated rings. The Bertz CT molecular complexity index is 1380. The zero-order valence-electron chi connectivity index (χ0n) is 18.0. The van der Waals surface area contributed by atoms with E-state index in [4.69, 9.17) is 4.98 Å². The second-order valence-electron chi connectivity index (χ2n) is 7.60. The van der Waals surface area contributed by atoms with Crippen molar-refractivity contribution in [1.29, 1.82) is 0 Å². The van der Waals surface area contributed by atoms with Gasteiger partial charge in [-0.15, -0.1) is 0 Å². The van der Waals surface area contributed by atoms with E-state index in [0.29, 0.717) is 16.3 Å². The average Bonchev–Trinajstić information content (AvgIpc) is 3.35. The van der Waals surface area contributed by atoms with Gasteiger partial charge in [0.1, 0.15) is 0 Å². The van der Waals surface area contributed by atoms with Crippen LogP contribution in [0.2, 0.25) is 0 Å². The summed E-state index contributed by atoms with van der Waals surface area (Å²) in [5, 5.41) is 8.77. The highest BCUT2D eigenvalue weighted by Gasteiger charge is 2.21. The number of carbonyl (C=O) groups excluding carboxylic acids is 1. The maximum Gasteiger partial charge on any atom is 0.258 e. The van der Waals surface area contributed by atoms with Crippen LogP contribution in [0.1, 0.15) is 21.7 Å². The Morgan fingerprint density at radius 3 is 2.28 bits per heavy atom. The topological polar surface area (TPSA) is 72.7 Å². The first-order valence-electron chi connectivity index (χ1n) is 10.2. The highest BCUT2D eigenvalue weighted by molar-refractivity contribution is 7.19. The summed E-state index contributed by atoms with van der Waals surface area (Å²) in [6.45, 7) is 3.77. The lowest BCUT2D eigenvalue weighted by molar-refractivity contribution is 0.102. The van der Waals surface area contributed by atoms with Crippen LogP contribution >= 0.6 is 11.3 Å². The third kappa shape index (κ3) is 3.56. The van der Waals surface area contributed by atoms with Crippen molar-refractivity contribution in [1.82, 2.24) is 19.7 Å². The number of carbonyl (C=O) groups is 1. The van der Waals surface area contributed by atoms with Crippen molar-refractivity contribution in [3.8, 4) is 21.7 Å². The smallest absolute Gasteiger partial charge is 0.258 e. The van der Waals surface area contributed by atoms with E-state index in [1.807, 2.05) is 69.4 Å². The molecule has 0 saturated heterocycles. The minimum Gasteiger partial charge on any atom is -0.298 e. The summed E-state index contributed by atoms with van der Waals surface area (Å²) in [6, 6.07) is 21.9. The summed E-state index contributed by atoms with van der Waals surface area (Å²) in [5.41, 5.74) is 5.71. The van der Waals surface area contributed by atoms with Crippen LogP contribution in [0.25, 0.3) is 32.7 Å². The second-order valence-corrected chi connectivity index (χ2v) is 8.60. The molecule has 0 bridgehead atoms. The number of fused-ring (bicyclic) bond motifs is 1. The number of rotatable bonds is 4. The molecule has 0 aliphatic rings. The number of hydrogen-bond acceptors (Lipinski definition) is 5. The maximum absolute atomic E-state index is 13.3. The van der Waals surface area contributed by atoms with Gasteiger partial charge in [0, 0.05) is 18.3 Å². The lowest BCUT2D eigenvalue weighted by atomic mass is 10.1. The SMILES string of the molecule is Cc1cc(C(=O)Nc2nc(-c3ccccc3)c(-c3ccccc3)s2)c2c(C)nn(C)c2n1. The molecule has 0 unspecified atom stereocenters. The van der Waals surface area contributed by atoms with Crippen LogP contribution in [0.3, 0.4) is 0 Å². The molecule has 0 atom stereocenters. The summed E-state index contributed by atoms with van der Waals surface area (Å²) in [7, 11) is 1.84. The van der Waals surface area contributed by atoms with Gasteiger partial charge in [-0.3, -0.25) is 14.8 Å². The molecule has 3 aromatic heterocycles. The Balaban J connectivity index is 1.58. The van der Waals surface area contributed by atoms with Gasteiger partial charge in [-0.1, -0.05) is 72.0 Å². The fraction of sp³-hybridized carbons (Fsp3) is 0.120. The van der Waals surface area contributed by atoms with Crippen LogP contribution in [0.4, 0.5) is 5.13 Å². The van der Waals surface area contributed by atoms with Crippen LogP contribution in [-0.2, 0) is 7.05 Å². The predicted molar refractivity (Wildman–Crippen MR) is 129 cm³/mol. The van der Waals surface area contributed by atoms with Crippen LogP contribution < -0.4 is 5.32 Å². The number of pyridine rings is 1. The van der Waals surface area contributed by atoms with Gasteiger partial charge in [0.15, 0.2) is 10.8 Å². The largest absolute Gasteiger partial charge is 0.298 e. The molecule has 0 saturated carbocycles. The van der Waals surface area contributed by atoms with E-state index in [1.54, 1.807) is 10.7 Å². The highest BCUT2D eigenvalue weighted by Crippen LogP contribution is 2.39. The zero-order valence-corrected chi connectivity index (χ0v) is 18.8. The fourth-order valence-electron chi connectivity index (χ4n) is 3.86. The maximum atomic E-state index is 13.3. The molecule has 0 spiro atoms. The molecule has 3 heterocycles. The van der Waals surface area contributed by atoms with E-state index >= 15 is 0 Å². The van der Waals surface area contributed by atoms with Crippen molar-refractivity contribution < 1.29 is 4.79 Å². The van der Waals surface area contributed by atoms with Crippen molar-refractivity contribution in [3.05, 3.63) is 83.7 Å². The summed E-state index contributed by atoms with van der Waals surface area (Å²) < 4.78 is 1.71. The van der Waals surface area contributed by atoms with E-state index in [-0.39, 0.29) is 5.91 Å². The van der Waals surface area contributed by atoms with Crippen LogP contribution in [0.5, 0.6) is 0 Å². The number of hydrogen-bond donors (Lipinski definition) is 1. The first-order valence-corrected chi connectivity index (χ1v) is 11.1. The molecular weight excluding hydrogens is 418 g/mol. The normalized spacial score (nSPS) is 11.1. The van der Waals surface area contributed by atoms with Crippen LogP contribution in [-0.4, -0.2) is 25.7 Å². The minimum absolute atomic E-state index is 0.218. The van der Waals surface area contributed by atoms with E-state index in [2.05, 4.69) is 27.5 Å². The monoisotopic (exact) mass is 439 g/mol. The van der Waals surface area contributed by atoms with E-state index in [9.17, 15) is 4.79 Å². The van der Waals surface area contributed by atoms with Gasteiger partial charge in [0.25, 0.3) is 5.91 Å². The third-order valence-electron chi connectivity index (χ3n) is 5.27. The number of anilines is 1. The van der Waals surface area contributed by atoms with E-state index in [0.717, 1.165) is 38.5 Å². The molecule has 32 heavy (non-hydrogen) atoms. The quantitative estimate of drug-likeness (QED) is 0.394. The van der Waals surface area contributed by atoms with E-state index in [1.165, 1.54) is 11.3 Å². The Morgan fingerprint density at radius 1 is 0.938 bits per heavy atom.